The lowest BCUT2D eigenvalue weighted by atomic mass is 9.99. The van der Waals surface area contributed by atoms with E-state index in [1.54, 1.807) is 11.3 Å². The molecule has 2 aromatic rings. The van der Waals surface area contributed by atoms with Gasteiger partial charge in [-0.25, -0.2) is 5.43 Å². The lowest BCUT2D eigenvalue weighted by Gasteiger charge is -2.17. The van der Waals surface area contributed by atoms with Gasteiger partial charge < -0.3 is 4.74 Å². The molecule has 0 aliphatic heterocycles. The number of nitrogens with one attached hydrogen (secondary N) is 1. The molecule has 1 unspecified atom stereocenters. The first-order valence-electron chi connectivity index (χ1n) is 5.97. The number of benzene rings is 1. The highest BCUT2D eigenvalue weighted by molar-refractivity contribution is 7.08. The van der Waals surface area contributed by atoms with Gasteiger partial charge in [-0.2, -0.15) is 11.3 Å². The maximum Gasteiger partial charge on any atom is 0.119 e. The smallest absolute Gasteiger partial charge is 0.119 e. The molecule has 3 N–H and O–H groups in total. The molecule has 3 nitrogen and oxygen atoms in total. The normalized spacial score (nSPS) is 12.4. The maximum absolute atomic E-state index is 5.68. The molecule has 0 amide bonds. The number of thiophene rings is 1. The van der Waals surface area contributed by atoms with Crippen LogP contribution in [0.1, 0.15) is 29.7 Å². The fourth-order valence-electron chi connectivity index (χ4n) is 1.95. The van der Waals surface area contributed by atoms with Gasteiger partial charge in [-0.05, 0) is 53.4 Å². The standard InChI is InChI=1S/C14H18N2OS/c1-3-17-12-6-4-11(5-7-12)14(16-15)13-9-18-8-10(13)2/h4-9,14,16H,3,15H2,1-2H3. The zero-order chi connectivity index (χ0) is 13.0. The highest BCUT2D eigenvalue weighted by Gasteiger charge is 2.15. The lowest BCUT2D eigenvalue weighted by molar-refractivity contribution is 0.340. The van der Waals surface area contributed by atoms with Gasteiger partial charge >= 0.3 is 0 Å². The summed E-state index contributed by atoms with van der Waals surface area (Å²) in [5, 5.41) is 4.27. The summed E-state index contributed by atoms with van der Waals surface area (Å²) in [6.07, 6.45) is 0. The van der Waals surface area contributed by atoms with Crippen LogP contribution in [-0.4, -0.2) is 6.61 Å². The zero-order valence-electron chi connectivity index (χ0n) is 10.6. The number of hydrazine groups is 1. The van der Waals surface area contributed by atoms with Crippen LogP contribution < -0.4 is 16.0 Å². The van der Waals surface area contributed by atoms with Crippen molar-refractivity contribution in [2.75, 3.05) is 6.61 Å². The molecule has 0 fully saturated rings. The van der Waals surface area contributed by atoms with Crippen LogP contribution in [0.15, 0.2) is 35.0 Å². The summed E-state index contributed by atoms with van der Waals surface area (Å²) in [6.45, 7) is 4.76. The Kier molecular flexibility index (Phi) is 4.36. The Hall–Kier alpha value is -1.36. The number of nitrogens with two attached hydrogens (primary N) is 1. The summed E-state index contributed by atoms with van der Waals surface area (Å²) < 4.78 is 5.44. The first kappa shape index (κ1) is 13.1. The second kappa shape index (κ2) is 6.00. The summed E-state index contributed by atoms with van der Waals surface area (Å²) in [5.41, 5.74) is 6.51. The Balaban J connectivity index is 2.25. The molecule has 0 radical (unpaired) electrons. The molecule has 4 heteroatoms. The molecule has 0 aliphatic rings. The second-order valence-electron chi connectivity index (χ2n) is 4.11. The maximum atomic E-state index is 5.68. The van der Waals surface area contributed by atoms with Crippen molar-refractivity contribution in [3.63, 3.8) is 0 Å². The van der Waals surface area contributed by atoms with Crippen molar-refractivity contribution in [1.82, 2.24) is 5.43 Å². The SMILES string of the molecule is CCOc1ccc(C(NN)c2cscc2C)cc1. The summed E-state index contributed by atoms with van der Waals surface area (Å²) in [4.78, 5) is 0. The Morgan fingerprint density at radius 1 is 1.28 bits per heavy atom. The van der Waals surface area contributed by atoms with E-state index in [0.717, 1.165) is 11.3 Å². The van der Waals surface area contributed by atoms with Crippen LogP contribution in [0.4, 0.5) is 0 Å². The van der Waals surface area contributed by atoms with E-state index in [-0.39, 0.29) is 6.04 Å². The highest BCUT2D eigenvalue weighted by Crippen LogP contribution is 2.28. The highest BCUT2D eigenvalue weighted by atomic mass is 32.1. The first-order chi connectivity index (χ1) is 8.76. The van der Waals surface area contributed by atoms with Crippen LogP contribution in [-0.2, 0) is 0 Å². The minimum absolute atomic E-state index is 0.0342. The molecular formula is C14H18N2OS. The third-order valence-electron chi connectivity index (χ3n) is 2.90. The average molecular weight is 262 g/mol. The first-order valence-corrected chi connectivity index (χ1v) is 6.92. The average Bonchev–Trinajstić information content (AvgIpc) is 2.79. The van der Waals surface area contributed by atoms with Crippen LogP contribution in [0, 0.1) is 6.92 Å². The molecule has 1 heterocycles. The van der Waals surface area contributed by atoms with Crippen molar-refractivity contribution in [3.8, 4) is 5.75 Å². The summed E-state index contributed by atoms with van der Waals surface area (Å²) in [6, 6.07) is 8.08. The number of hydrogen-bond acceptors (Lipinski definition) is 4. The molecule has 18 heavy (non-hydrogen) atoms. The number of aryl methyl sites for hydroxylation is 1. The zero-order valence-corrected chi connectivity index (χ0v) is 11.5. The van der Waals surface area contributed by atoms with Gasteiger partial charge in [0.2, 0.25) is 0 Å². The monoisotopic (exact) mass is 262 g/mol. The predicted octanol–water partition coefficient (Wildman–Crippen LogP) is 3.01. The number of ether oxygens (including phenoxy) is 1. The van der Waals surface area contributed by atoms with E-state index in [0.29, 0.717) is 6.61 Å². The molecule has 0 saturated heterocycles. The minimum atomic E-state index is 0.0342. The van der Waals surface area contributed by atoms with Gasteiger partial charge in [0.05, 0.1) is 12.6 Å². The van der Waals surface area contributed by atoms with Crippen molar-refractivity contribution >= 4 is 11.3 Å². The molecule has 2 rings (SSSR count). The molecule has 96 valence electrons. The van der Waals surface area contributed by atoms with E-state index in [2.05, 4.69) is 23.1 Å². The van der Waals surface area contributed by atoms with Crippen molar-refractivity contribution < 1.29 is 4.74 Å². The topological polar surface area (TPSA) is 47.3 Å². The molecule has 0 aliphatic carbocycles. The quantitative estimate of drug-likeness (QED) is 0.643. The van der Waals surface area contributed by atoms with Crippen LogP contribution in [0.3, 0.4) is 0 Å². The van der Waals surface area contributed by atoms with Crippen LogP contribution in [0.5, 0.6) is 5.75 Å². The molecule has 0 bridgehead atoms. The minimum Gasteiger partial charge on any atom is -0.494 e. The van der Waals surface area contributed by atoms with E-state index in [1.165, 1.54) is 11.1 Å². The third kappa shape index (κ3) is 2.72. The summed E-state index contributed by atoms with van der Waals surface area (Å²) in [7, 11) is 0. The lowest BCUT2D eigenvalue weighted by Crippen LogP contribution is -2.28. The van der Waals surface area contributed by atoms with Crippen LogP contribution >= 0.6 is 11.3 Å². The Labute approximate surface area is 112 Å². The van der Waals surface area contributed by atoms with Gasteiger partial charge in [0, 0.05) is 0 Å². The van der Waals surface area contributed by atoms with Gasteiger partial charge in [-0.15, -0.1) is 0 Å². The van der Waals surface area contributed by atoms with Gasteiger partial charge in [0.25, 0.3) is 0 Å². The van der Waals surface area contributed by atoms with Crippen molar-refractivity contribution in [1.29, 1.82) is 0 Å². The molecule has 1 aromatic heterocycles. The molecule has 1 aromatic carbocycles. The van der Waals surface area contributed by atoms with Crippen molar-refractivity contribution in [3.05, 3.63) is 51.7 Å². The van der Waals surface area contributed by atoms with E-state index in [4.69, 9.17) is 10.6 Å². The van der Waals surface area contributed by atoms with Crippen LogP contribution in [0.2, 0.25) is 0 Å². The Morgan fingerprint density at radius 2 is 2.00 bits per heavy atom. The fraction of sp³-hybridized carbons (Fsp3) is 0.286. The Morgan fingerprint density at radius 3 is 2.50 bits per heavy atom. The van der Waals surface area contributed by atoms with Gasteiger partial charge in [-0.1, -0.05) is 12.1 Å². The van der Waals surface area contributed by atoms with Gasteiger partial charge in [-0.3, -0.25) is 5.84 Å². The largest absolute Gasteiger partial charge is 0.494 e. The van der Waals surface area contributed by atoms with Gasteiger partial charge in [0.15, 0.2) is 0 Å². The van der Waals surface area contributed by atoms with E-state index >= 15 is 0 Å². The second-order valence-corrected chi connectivity index (χ2v) is 4.86. The summed E-state index contributed by atoms with van der Waals surface area (Å²) >= 11 is 1.70. The third-order valence-corrected chi connectivity index (χ3v) is 3.78. The molecular weight excluding hydrogens is 244 g/mol. The Bertz CT molecular complexity index is 493. The van der Waals surface area contributed by atoms with Crippen molar-refractivity contribution in [2.24, 2.45) is 5.84 Å². The summed E-state index contributed by atoms with van der Waals surface area (Å²) in [5.74, 6) is 6.57. The number of hydrogen-bond donors (Lipinski definition) is 2. The molecule has 0 spiro atoms. The van der Waals surface area contributed by atoms with E-state index < -0.39 is 0 Å². The molecule has 1 atom stereocenters. The van der Waals surface area contributed by atoms with Crippen molar-refractivity contribution in [2.45, 2.75) is 19.9 Å². The number of rotatable bonds is 5. The van der Waals surface area contributed by atoms with E-state index in [9.17, 15) is 0 Å². The predicted molar refractivity (Wildman–Crippen MR) is 75.8 cm³/mol. The van der Waals surface area contributed by atoms with E-state index in [1.807, 2.05) is 31.2 Å². The molecule has 0 saturated carbocycles. The van der Waals surface area contributed by atoms with Crippen LogP contribution in [0.25, 0.3) is 0 Å². The fourth-order valence-corrected chi connectivity index (χ4v) is 2.83. The van der Waals surface area contributed by atoms with Gasteiger partial charge in [0.1, 0.15) is 5.75 Å².